The maximum Gasteiger partial charge on any atom is 0.0551 e. The van der Waals surface area contributed by atoms with E-state index >= 15 is 0 Å². The van der Waals surface area contributed by atoms with Crippen LogP contribution in [-0.2, 0) is 6.42 Å². The molecule has 2 atom stereocenters. The van der Waals surface area contributed by atoms with Crippen molar-refractivity contribution >= 4 is 6.21 Å². The minimum absolute atomic E-state index is 0.0977. The van der Waals surface area contributed by atoms with Crippen molar-refractivity contribution in [1.29, 1.82) is 0 Å². The summed E-state index contributed by atoms with van der Waals surface area (Å²) in [5.74, 6) is 0. The zero-order chi connectivity index (χ0) is 16.2. The van der Waals surface area contributed by atoms with Crippen molar-refractivity contribution in [2.24, 2.45) is 15.8 Å². The summed E-state index contributed by atoms with van der Waals surface area (Å²) in [4.78, 5) is 4.66. The Morgan fingerprint density at radius 3 is 2.50 bits per heavy atom. The summed E-state index contributed by atoms with van der Waals surface area (Å²) in [6.07, 6.45) is 7.46. The highest BCUT2D eigenvalue weighted by Gasteiger charge is 2.40. The van der Waals surface area contributed by atoms with Crippen molar-refractivity contribution in [1.82, 2.24) is 0 Å². The van der Waals surface area contributed by atoms with E-state index in [-0.39, 0.29) is 16.9 Å². The van der Waals surface area contributed by atoms with Crippen molar-refractivity contribution in [2.45, 2.75) is 52.6 Å². The third-order valence-corrected chi connectivity index (χ3v) is 4.50. The van der Waals surface area contributed by atoms with Gasteiger partial charge in [-0.1, -0.05) is 51.1 Å². The first-order chi connectivity index (χ1) is 10.3. The maximum atomic E-state index is 10.1. The van der Waals surface area contributed by atoms with Gasteiger partial charge in [0.1, 0.15) is 0 Å². The van der Waals surface area contributed by atoms with E-state index in [1.165, 1.54) is 5.56 Å². The number of aliphatic imine (C=N–C) groups is 1. The molecule has 0 spiro atoms. The Bertz CT molecular complexity index is 529. The van der Waals surface area contributed by atoms with E-state index in [0.717, 1.165) is 37.8 Å². The van der Waals surface area contributed by atoms with Crippen LogP contribution in [0.15, 0.2) is 41.9 Å². The molecule has 2 rings (SSSR count). The van der Waals surface area contributed by atoms with Crippen molar-refractivity contribution in [2.75, 3.05) is 6.54 Å². The molecule has 120 valence electrons. The van der Waals surface area contributed by atoms with Gasteiger partial charge in [-0.2, -0.15) is 0 Å². The molecule has 0 aliphatic heterocycles. The third-order valence-electron chi connectivity index (χ3n) is 4.50. The third kappa shape index (κ3) is 4.81. The molecule has 0 saturated heterocycles. The van der Waals surface area contributed by atoms with Crippen LogP contribution in [0.2, 0.25) is 0 Å². The molecular formula is C20H29NO. The minimum atomic E-state index is -0.192. The number of allylic oxidation sites excluding steroid dienone is 1. The van der Waals surface area contributed by atoms with Crippen LogP contribution in [0, 0.1) is 10.8 Å². The first kappa shape index (κ1) is 17.0. The van der Waals surface area contributed by atoms with Crippen molar-refractivity contribution in [3.05, 3.63) is 48.0 Å². The van der Waals surface area contributed by atoms with Crippen LogP contribution >= 0.6 is 0 Å². The molecule has 1 aliphatic carbocycles. The molecule has 1 saturated carbocycles. The highest BCUT2D eigenvalue weighted by molar-refractivity contribution is 5.79. The molecule has 1 aliphatic rings. The molecule has 1 aromatic rings. The normalized spacial score (nSPS) is 27.9. The van der Waals surface area contributed by atoms with Crippen LogP contribution in [0.3, 0.4) is 0 Å². The van der Waals surface area contributed by atoms with Gasteiger partial charge in [0.2, 0.25) is 0 Å². The molecule has 0 aromatic heterocycles. The van der Waals surface area contributed by atoms with E-state index in [4.69, 9.17) is 0 Å². The minimum Gasteiger partial charge on any atom is -0.393 e. The van der Waals surface area contributed by atoms with Gasteiger partial charge in [-0.05, 0) is 47.6 Å². The Morgan fingerprint density at radius 1 is 1.23 bits per heavy atom. The van der Waals surface area contributed by atoms with Gasteiger partial charge in [-0.3, -0.25) is 4.99 Å². The Balaban J connectivity index is 1.97. The molecule has 0 bridgehead atoms. The number of hydrogen-bond donors (Lipinski definition) is 1. The number of hydrogen-bond acceptors (Lipinski definition) is 2. The van der Waals surface area contributed by atoms with E-state index in [1.54, 1.807) is 0 Å². The fourth-order valence-electron chi connectivity index (χ4n) is 3.98. The van der Waals surface area contributed by atoms with Gasteiger partial charge in [-0.25, -0.2) is 0 Å². The standard InChI is InChI=1S/C20H29NO/c1-5-6-16-7-9-17(10-8-16)13-21-15-20(4)12-18(22)11-19(2,3)14-20/h5,7-10,13,18,22H,1,6,11-12,14-15H2,2-4H3. The van der Waals surface area contributed by atoms with Crippen LogP contribution in [0.5, 0.6) is 0 Å². The van der Waals surface area contributed by atoms with E-state index in [0.29, 0.717) is 0 Å². The fraction of sp³-hybridized carbons (Fsp3) is 0.550. The van der Waals surface area contributed by atoms with Crippen molar-refractivity contribution in [3.63, 3.8) is 0 Å². The Morgan fingerprint density at radius 2 is 1.91 bits per heavy atom. The molecule has 1 aromatic carbocycles. The predicted octanol–water partition coefficient (Wildman–Crippen LogP) is 4.41. The Hall–Kier alpha value is -1.41. The molecule has 1 fully saturated rings. The maximum absolute atomic E-state index is 10.1. The second kappa shape index (κ2) is 6.78. The predicted molar refractivity (Wildman–Crippen MR) is 94.5 cm³/mol. The van der Waals surface area contributed by atoms with Gasteiger partial charge >= 0.3 is 0 Å². The van der Waals surface area contributed by atoms with Crippen molar-refractivity contribution in [3.8, 4) is 0 Å². The number of benzene rings is 1. The molecule has 1 N–H and O–H groups in total. The molecule has 2 heteroatoms. The van der Waals surface area contributed by atoms with E-state index in [2.05, 4.69) is 56.6 Å². The van der Waals surface area contributed by atoms with E-state index in [9.17, 15) is 5.11 Å². The molecule has 0 amide bonds. The molecule has 0 radical (unpaired) electrons. The van der Waals surface area contributed by atoms with Crippen LogP contribution in [0.4, 0.5) is 0 Å². The van der Waals surface area contributed by atoms with Gasteiger partial charge in [0.15, 0.2) is 0 Å². The average molecular weight is 299 g/mol. The van der Waals surface area contributed by atoms with Gasteiger partial charge in [0, 0.05) is 12.8 Å². The summed E-state index contributed by atoms with van der Waals surface area (Å²) in [5.41, 5.74) is 2.71. The summed E-state index contributed by atoms with van der Waals surface area (Å²) in [6, 6.07) is 8.45. The summed E-state index contributed by atoms with van der Waals surface area (Å²) in [7, 11) is 0. The smallest absolute Gasteiger partial charge is 0.0551 e. The molecule has 22 heavy (non-hydrogen) atoms. The molecule has 2 unspecified atom stereocenters. The summed E-state index contributed by atoms with van der Waals surface area (Å²) < 4.78 is 0. The lowest BCUT2D eigenvalue weighted by atomic mass is 9.63. The Labute approximate surface area is 135 Å². The summed E-state index contributed by atoms with van der Waals surface area (Å²) in [6.45, 7) is 11.3. The number of nitrogens with zero attached hydrogens (tertiary/aromatic N) is 1. The largest absolute Gasteiger partial charge is 0.393 e. The van der Waals surface area contributed by atoms with Gasteiger partial charge in [0.05, 0.1) is 6.10 Å². The number of aliphatic hydroxyl groups is 1. The molecular weight excluding hydrogens is 270 g/mol. The van der Waals surface area contributed by atoms with E-state index in [1.807, 2.05) is 12.3 Å². The van der Waals surface area contributed by atoms with E-state index < -0.39 is 0 Å². The zero-order valence-corrected chi connectivity index (χ0v) is 14.2. The first-order valence-corrected chi connectivity index (χ1v) is 8.20. The van der Waals surface area contributed by atoms with Crippen LogP contribution < -0.4 is 0 Å². The van der Waals surface area contributed by atoms with Crippen LogP contribution in [-0.4, -0.2) is 24.0 Å². The topological polar surface area (TPSA) is 32.6 Å². The Kier molecular flexibility index (Phi) is 5.23. The quantitative estimate of drug-likeness (QED) is 0.634. The lowest BCUT2D eigenvalue weighted by Crippen LogP contribution is -2.39. The first-order valence-electron chi connectivity index (χ1n) is 8.20. The number of rotatable bonds is 5. The second-order valence-corrected chi connectivity index (χ2v) is 7.92. The lowest BCUT2D eigenvalue weighted by Gasteiger charge is -2.44. The van der Waals surface area contributed by atoms with Gasteiger partial charge in [-0.15, -0.1) is 6.58 Å². The van der Waals surface area contributed by atoms with Crippen molar-refractivity contribution < 1.29 is 5.11 Å². The van der Waals surface area contributed by atoms with Gasteiger partial charge < -0.3 is 5.11 Å². The number of aliphatic hydroxyl groups excluding tert-OH is 1. The van der Waals surface area contributed by atoms with Gasteiger partial charge in [0.25, 0.3) is 0 Å². The molecule has 0 heterocycles. The average Bonchev–Trinajstić information content (AvgIpc) is 2.38. The SMILES string of the molecule is C=CCc1ccc(C=NCC2(C)CC(O)CC(C)(C)C2)cc1. The molecule has 2 nitrogen and oxygen atoms in total. The van der Waals surface area contributed by atoms with Crippen LogP contribution in [0.1, 0.15) is 51.2 Å². The fourth-order valence-corrected chi connectivity index (χ4v) is 3.98. The monoisotopic (exact) mass is 299 g/mol. The lowest BCUT2D eigenvalue weighted by molar-refractivity contribution is -0.00471. The second-order valence-electron chi connectivity index (χ2n) is 7.92. The highest BCUT2D eigenvalue weighted by Crippen LogP contribution is 2.46. The summed E-state index contributed by atoms with van der Waals surface area (Å²) >= 11 is 0. The summed E-state index contributed by atoms with van der Waals surface area (Å²) in [5, 5.41) is 10.1. The zero-order valence-electron chi connectivity index (χ0n) is 14.2. The van der Waals surface area contributed by atoms with Crippen LogP contribution in [0.25, 0.3) is 0 Å². The highest BCUT2D eigenvalue weighted by atomic mass is 16.3.